The molecule has 2 N–H and O–H groups in total. The molecule has 13 heavy (non-hydrogen) atoms. The van der Waals surface area contributed by atoms with Crippen molar-refractivity contribution in [1.82, 2.24) is 9.97 Å². The fourth-order valence-corrected chi connectivity index (χ4v) is 1.62. The third-order valence-corrected chi connectivity index (χ3v) is 2.18. The molecule has 1 heterocycles. The Kier molecular flexibility index (Phi) is 2.52. The Labute approximate surface area is 81.0 Å². The summed E-state index contributed by atoms with van der Waals surface area (Å²) in [4.78, 5) is 6.54. The van der Waals surface area contributed by atoms with E-state index in [1.54, 1.807) is 0 Å². The first-order valence-electron chi connectivity index (χ1n) is 3.80. The molecule has 0 fully saturated rings. The number of thioether (sulfide) groups is 1. The number of nitrogens with zero attached hydrogens (tertiary/aromatic N) is 2. The van der Waals surface area contributed by atoms with Gasteiger partial charge in [-0.15, -0.1) is 0 Å². The number of nitriles is 1. The molecule has 0 atom stereocenters. The second kappa shape index (κ2) is 3.30. The van der Waals surface area contributed by atoms with Gasteiger partial charge in [0.25, 0.3) is 0 Å². The average molecular weight is 197 g/mol. The molecule has 0 bridgehead atoms. The molecule has 5 heteroatoms. The van der Waals surface area contributed by atoms with E-state index in [1.807, 2.05) is 26.8 Å². The molecule has 0 aromatic carbocycles. The van der Waals surface area contributed by atoms with Gasteiger partial charge < -0.3 is 10.1 Å². The zero-order chi connectivity index (χ0) is 10.1. The van der Waals surface area contributed by atoms with Crippen LogP contribution in [-0.4, -0.2) is 19.8 Å². The Morgan fingerprint density at radius 2 is 2.15 bits per heavy atom. The van der Waals surface area contributed by atoms with Crippen molar-refractivity contribution in [2.75, 3.05) is 0 Å². The van der Waals surface area contributed by atoms with Crippen molar-refractivity contribution >= 4 is 11.8 Å². The number of imidazole rings is 1. The number of aromatic amines is 1. The summed E-state index contributed by atoms with van der Waals surface area (Å²) in [5, 5.41) is 18.3. The summed E-state index contributed by atoms with van der Waals surface area (Å²) in [5.41, 5.74) is 0.117. The minimum atomic E-state index is -0.228. The summed E-state index contributed by atoms with van der Waals surface area (Å²) in [6.07, 6.45) is 0. The molecule has 4 nitrogen and oxygen atoms in total. The largest absolute Gasteiger partial charge is 0.491 e. The van der Waals surface area contributed by atoms with Gasteiger partial charge in [-0.05, 0) is 0 Å². The number of aromatic nitrogens is 2. The molecule has 1 aromatic rings. The summed E-state index contributed by atoms with van der Waals surface area (Å²) in [6.45, 7) is 6.09. The number of aromatic hydroxyl groups is 1. The molecule has 0 spiro atoms. The summed E-state index contributed by atoms with van der Waals surface area (Å²) in [6, 6.07) is 1.82. The van der Waals surface area contributed by atoms with E-state index in [1.165, 1.54) is 11.8 Å². The quantitative estimate of drug-likeness (QED) is 0.674. The normalized spacial score (nSPS) is 11.2. The summed E-state index contributed by atoms with van der Waals surface area (Å²) >= 11 is 1.47. The summed E-state index contributed by atoms with van der Waals surface area (Å²) in [5.74, 6) is -0.228. The van der Waals surface area contributed by atoms with Gasteiger partial charge in [-0.1, -0.05) is 32.5 Å². The lowest BCUT2D eigenvalue weighted by Gasteiger charge is -2.14. The van der Waals surface area contributed by atoms with Gasteiger partial charge >= 0.3 is 0 Å². The maximum atomic E-state index is 9.15. The van der Waals surface area contributed by atoms with E-state index in [9.17, 15) is 0 Å². The Hall–Kier alpha value is -1.15. The summed E-state index contributed by atoms with van der Waals surface area (Å²) in [7, 11) is 0. The first-order valence-corrected chi connectivity index (χ1v) is 4.62. The van der Waals surface area contributed by atoms with Crippen LogP contribution in [0.1, 0.15) is 26.5 Å². The molecule has 0 aliphatic rings. The molecular formula is C8H11N3OS. The average Bonchev–Trinajstić information content (AvgIpc) is 2.26. The van der Waals surface area contributed by atoms with Crippen LogP contribution in [0.2, 0.25) is 0 Å². The van der Waals surface area contributed by atoms with Crippen molar-refractivity contribution in [1.29, 1.82) is 5.26 Å². The van der Waals surface area contributed by atoms with Crippen LogP contribution in [0.25, 0.3) is 0 Å². The van der Waals surface area contributed by atoms with Crippen LogP contribution >= 0.6 is 11.8 Å². The monoisotopic (exact) mass is 197 g/mol. The highest BCUT2D eigenvalue weighted by atomic mass is 32.2. The molecule has 0 radical (unpaired) electrons. The summed E-state index contributed by atoms with van der Waals surface area (Å²) < 4.78 is 0.0109. The first kappa shape index (κ1) is 9.93. The molecule has 70 valence electrons. The lowest BCUT2D eigenvalue weighted by Crippen LogP contribution is -2.07. The number of H-pyrrole nitrogens is 1. The van der Waals surface area contributed by atoms with Crippen LogP contribution in [0.5, 0.6) is 5.88 Å². The predicted octanol–water partition coefficient (Wildman–Crippen LogP) is 1.88. The Morgan fingerprint density at radius 1 is 1.54 bits per heavy atom. The van der Waals surface area contributed by atoms with Gasteiger partial charge in [-0.25, -0.2) is 0 Å². The van der Waals surface area contributed by atoms with Crippen LogP contribution in [0.3, 0.4) is 0 Å². The van der Waals surface area contributed by atoms with Crippen molar-refractivity contribution in [2.24, 2.45) is 0 Å². The second-order valence-electron chi connectivity index (χ2n) is 3.57. The SMILES string of the molecule is CC(C)(C)Sc1nc(O)c(C#N)[nH]1. The van der Waals surface area contributed by atoms with E-state index in [0.29, 0.717) is 5.16 Å². The molecule has 0 amide bonds. The zero-order valence-electron chi connectivity index (χ0n) is 7.75. The standard InChI is InChI=1S/C8H11N3OS/c1-8(2,3)13-7-10-5(4-9)6(12)11-7/h12H,1-3H3,(H,10,11). The molecule has 0 unspecified atom stereocenters. The van der Waals surface area contributed by atoms with Gasteiger partial charge in [0, 0.05) is 4.75 Å². The highest BCUT2D eigenvalue weighted by Gasteiger charge is 2.16. The minimum absolute atomic E-state index is 0.0109. The van der Waals surface area contributed by atoms with Gasteiger partial charge in [0.2, 0.25) is 5.88 Å². The molecule has 1 aromatic heterocycles. The van der Waals surface area contributed by atoms with Gasteiger partial charge in [0.05, 0.1) is 0 Å². The molecule has 0 aliphatic heterocycles. The highest BCUT2D eigenvalue weighted by molar-refractivity contribution is 8.00. The van der Waals surface area contributed by atoms with Crippen molar-refractivity contribution in [3.8, 4) is 11.9 Å². The molecule has 1 rings (SSSR count). The fourth-order valence-electron chi connectivity index (χ4n) is 0.759. The highest BCUT2D eigenvalue weighted by Crippen LogP contribution is 2.31. The molecule has 0 saturated carbocycles. The third-order valence-electron chi connectivity index (χ3n) is 1.18. The maximum Gasteiger partial charge on any atom is 0.249 e. The number of hydrogen-bond acceptors (Lipinski definition) is 4. The van der Waals surface area contributed by atoms with E-state index < -0.39 is 0 Å². The second-order valence-corrected chi connectivity index (χ2v) is 5.38. The number of hydrogen-bond donors (Lipinski definition) is 2. The molecular weight excluding hydrogens is 186 g/mol. The van der Waals surface area contributed by atoms with E-state index in [2.05, 4.69) is 9.97 Å². The predicted molar refractivity (Wildman–Crippen MR) is 50.6 cm³/mol. The lowest BCUT2D eigenvalue weighted by molar-refractivity contribution is 0.452. The van der Waals surface area contributed by atoms with Crippen molar-refractivity contribution < 1.29 is 5.11 Å². The topological polar surface area (TPSA) is 72.7 Å². The lowest BCUT2D eigenvalue weighted by atomic mass is 10.3. The van der Waals surface area contributed by atoms with E-state index in [-0.39, 0.29) is 16.3 Å². The van der Waals surface area contributed by atoms with Crippen LogP contribution < -0.4 is 0 Å². The zero-order valence-corrected chi connectivity index (χ0v) is 8.57. The van der Waals surface area contributed by atoms with Crippen molar-refractivity contribution in [3.63, 3.8) is 0 Å². The van der Waals surface area contributed by atoms with Crippen LogP contribution in [0, 0.1) is 11.3 Å². The van der Waals surface area contributed by atoms with Crippen molar-refractivity contribution in [2.45, 2.75) is 30.7 Å². The van der Waals surface area contributed by atoms with Gasteiger partial charge in [0.1, 0.15) is 6.07 Å². The smallest absolute Gasteiger partial charge is 0.249 e. The fraction of sp³-hybridized carbons (Fsp3) is 0.500. The minimum Gasteiger partial charge on any atom is -0.491 e. The van der Waals surface area contributed by atoms with E-state index >= 15 is 0 Å². The number of nitrogens with one attached hydrogen (secondary N) is 1. The van der Waals surface area contributed by atoms with E-state index in [0.717, 1.165) is 0 Å². The Bertz CT molecular complexity index is 345. The van der Waals surface area contributed by atoms with Crippen molar-refractivity contribution in [3.05, 3.63) is 5.69 Å². The Morgan fingerprint density at radius 3 is 2.54 bits per heavy atom. The van der Waals surface area contributed by atoms with Crippen LogP contribution in [-0.2, 0) is 0 Å². The van der Waals surface area contributed by atoms with Crippen LogP contribution in [0.15, 0.2) is 5.16 Å². The molecule has 0 aliphatic carbocycles. The van der Waals surface area contributed by atoms with E-state index in [4.69, 9.17) is 10.4 Å². The van der Waals surface area contributed by atoms with Gasteiger partial charge in [-0.3, -0.25) is 0 Å². The number of rotatable bonds is 1. The third kappa shape index (κ3) is 2.67. The Balaban J connectivity index is 2.87. The van der Waals surface area contributed by atoms with Gasteiger partial charge in [0.15, 0.2) is 10.9 Å². The van der Waals surface area contributed by atoms with Crippen LogP contribution in [0.4, 0.5) is 0 Å². The maximum absolute atomic E-state index is 9.15. The molecule has 0 saturated heterocycles. The van der Waals surface area contributed by atoms with Gasteiger partial charge in [-0.2, -0.15) is 10.2 Å². The first-order chi connectivity index (χ1) is 5.92.